The van der Waals surface area contributed by atoms with Gasteiger partial charge in [-0.15, -0.1) is 22.7 Å². The summed E-state index contributed by atoms with van der Waals surface area (Å²) >= 11 is 2.60. The number of aryl methyl sites for hydroxylation is 1. The molecule has 1 aliphatic rings. The van der Waals surface area contributed by atoms with Gasteiger partial charge in [0.15, 0.2) is 0 Å². The van der Waals surface area contributed by atoms with Gasteiger partial charge in [-0.05, 0) is 30.4 Å². The number of carbonyl (C=O) groups excluding carboxylic acids is 4. The molecule has 1 aromatic carbocycles. The minimum atomic E-state index is -0.533. The first-order valence-electron chi connectivity index (χ1n) is 14.3. The fraction of sp³-hybridized carbons (Fsp3) is 0.367. The maximum atomic E-state index is 13.5. The average molecular weight is 635 g/mol. The van der Waals surface area contributed by atoms with Crippen LogP contribution in [0.15, 0.2) is 53.4 Å². The number of hydrogen-bond donors (Lipinski definition) is 3. The van der Waals surface area contributed by atoms with Crippen molar-refractivity contribution in [1.29, 1.82) is 0 Å². The van der Waals surface area contributed by atoms with Crippen molar-refractivity contribution in [1.82, 2.24) is 40.6 Å². The molecule has 44 heavy (non-hydrogen) atoms. The number of nitrogens with one attached hydrogen (secondary N) is 3. The summed E-state index contributed by atoms with van der Waals surface area (Å²) in [5.74, 6) is -1.45. The fourth-order valence-corrected chi connectivity index (χ4v) is 6.71. The molecule has 4 aromatic rings. The lowest BCUT2D eigenvalue weighted by Crippen LogP contribution is -2.43. The molecule has 12 nitrogen and oxygen atoms in total. The van der Waals surface area contributed by atoms with E-state index >= 15 is 0 Å². The van der Waals surface area contributed by atoms with Crippen LogP contribution in [0.4, 0.5) is 0 Å². The molecule has 14 heteroatoms. The van der Waals surface area contributed by atoms with Gasteiger partial charge in [0, 0.05) is 37.1 Å². The predicted molar refractivity (Wildman–Crippen MR) is 166 cm³/mol. The molecule has 0 spiro atoms. The van der Waals surface area contributed by atoms with E-state index in [1.807, 2.05) is 44.2 Å². The van der Waals surface area contributed by atoms with E-state index < -0.39 is 12.1 Å². The molecule has 0 saturated heterocycles. The highest BCUT2D eigenvalue weighted by molar-refractivity contribution is 7.10. The van der Waals surface area contributed by atoms with Crippen LogP contribution in [0.3, 0.4) is 0 Å². The number of carbonyl (C=O) groups is 4. The van der Waals surface area contributed by atoms with Gasteiger partial charge in [0.2, 0.25) is 5.91 Å². The maximum Gasteiger partial charge on any atom is 0.272 e. The van der Waals surface area contributed by atoms with Crippen molar-refractivity contribution in [2.45, 2.75) is 38.8 Å². The smallest absolute Gasteiger partial charge is 0.272 e. The molecular formula is C30H34N8O4S2. The van der Waals surface area contributed by atoms with E-state index in [2.05, 4.69) is 31.0 Å². The van der Waals surface area contributed by atoms with E-state index in [0.29, 0.717) is 28.6 Å². The van der Waals surface area contributed by atoms with E-state index in [1.54, 1.807) is 23.9 Å². The average Bonchev–Trinajstić information content (AvgIpc) is 3.78. The summed E-state index contributed by atoms with van der Waals surface area (Å²) in [6.07, 6.45) is 2.38. The Morgan fingerprint density at radius 2 is 1.68 bits per heavy atom. The SMILES string of the molecule is CC(C)[C@@H]1NC(=O)c2csc(n2)[C@H](Cc2ccccc2)NC(=O)CN(C(=O)c2ccnn2C)CCCNC(=O)c2csc1n2. The van der Waals surface area contributed by atoms with Crippen LogP contribution in [0.25, 0.3) is 0 Å². The third kappa shape index (κ3) is 7.37. The highest BCUT2D eigenvalue weighted by atomic mass is 32.1. The lowest BCUT2D eigenvalue weighted by molar-refractivity contribution is -0.122. The summed E-state index contributed by atoms with van der Waals surface area (Å²) < 4.78 is 1.46. The first-order chi connectivity index (χ1) is 21.2. The Morgan fingerprint density at radius 3 is 2.39 bits per heavy atom. The van der Waals surface area contributed by atoms with E-state index in [-0.39, 0.29) is 60.6 Å². The molecule has 230 valence electrons. The van der Waals surface area contributed by atoms with Crippen molar-refractivity contribution in [2.75, 3.05) is 19.6 Å². The summed E-state index contributed by atoms with van der Waals surface area (Å²) in [6.45, 7) is 4.22. The number of amides is 4. The van der Waals surface area contributed by atoms with Gasteiger partial charge in [-0.1, -0.05) is 44.2 Å². The third-order valence-corrected chi connectivity index (χ3v) is 9.08. The Balaban J connectivity index is 1.47. The quantitative estimate of drug-likeness (QED) is 0.312. The topological polar surface area (TPSA) is 151 Å². The molecule has 5 rings (SSSR count). The molecule has 0 fully saturated rings. The minimum Gasteiger partial charge on any atom is -0.351 e. The molecule has 0 unspecified atom stereocenters. The first-order valence-corrected chi connectivity index (χ1v) is 16.1. The van der Waals surface area contributed by atoms with Crippen molar-refractivity contribution in [3.63, 3.8) is 0 Å². The summed E-state index contributed by atoms with van der Waals surface area (Å²) in [6, 6.07) is 10.3. The van der Waals surface area contributed by atoms with Crippen LogP contribution in [-0.2, 0) is 18.3 Å². The van der Waals surface area contributed by atoms with E-state index in [9.17, 15) is 19.2 Å². The zero-order valence-electron chi connectivity index (χ0n) is 24.6. The van der Waals surface area contributed by atoms with Gasteiger partial charge in [0.05, 0.1) is 18.6 Å². The second-order valence-corrected chi connectivity index (χ2v) is 12.6. The van der Waals surface area contributed by atoms with Crippen LogP contribution in [0.1, 0.15) is 79.4 Å². The molecule has 2 atom stereocenters. The minimum absolute atomic E-state index is 0.00119. The zero-order valence-corrected chi connectivity index (χ0v) is 26.3. The Labute approximate surface area is 262 Å². The van der Waals surface area contributed by atoms with Gasteiger partial charge in [-0.25, -0.2) is 9.97 Å². The van der Waals surface area contributed by atoms with Gasteiger partial charge in [0.1, 0.15) is 27.1 Å². The molecule has 3 aromatic heterocycles. The van der Waals surface area contributed by atoms with Gasteiger partial charge in [-0.2, -0.15) is 5.10 Å². The Morgan fingerprint density at radius 1 is 0.977 bits per heavy atom. The second kappa shape index (κ2) is 13.9. The molecule has 4 amide bonds. The number of hydrogen-bond acceptors (Lipinski definition) is 9. The van der Waals surface area contributed by atoms with Crippen molar-refractivity contribution in [3.05, 3.63) is 86.0 Å². The number of aromatic nitrogens is 4. The summed E-state index contributed by atoms with van der Waals surface area (Å²) in [5, 5.41) is 17.6. The number of benzene rings is 1. The molecule has 3 N–H and O–H groups in total. The normalized spacial score (nSPS) is 18.5. The highest BCUT2D eigenvalue weighted by Crippen LogP contribution is 2.27. The van der Waals surface area contributed by atoms with E-state index in [4.69, 9.17) is 0 Å². The summed E-state index contributed by atoms with van der Waals surface area (Å²) in [7, 11) is 1.66. The van der Waals surface area contributed by atoms with Crippen LogP contribution < -0.4 is 16.0 Å². The number of nitrogens with zero attached hydrogens (tertiary/aromatic N) is 5. The van der Waals surface area contributed by atoms with Crippen LogP contribution in [0, 0.1) is 5.92 Å². The van der Waals surface area contributed by atoms with Crippen molar-refractivity contribution < 1.29 is 19.2 Å². The van der Waals surface area contributed by atoms with Crippen molar-refractivity contribution >= 4 is 46.3 Å². The Kier molecular flexibility index (Phi) is 9.80. The third-order valence-electron chi connectivity index (χ3n) is 7.20. The molecule has 0 radical (unpaired) electrons. The van der Waals surface area contributed by atoms with Crippen LogP contribution in [0.2, 0.25) is 0 Å². The van der Waals surface area contributed by atoms with Crippen LogP contribution in [-0.4, -0.2) is 67.9 Å². The van der Waals surface area contributed by atoms with Crippen molar-refractivity contribution in [3.8, 4) is 0 Å². The molecular weight excluding hydrogens is 601 g/mol. The van der Waals surface area contributed by atoms with E-state index in [1.165, 1.54) is 38.5 Å². The maximum absolute atomic E-state index is 13.5. The molecule has 1 aliphatic heterocycles. The lowest BCUT2D eigenvalue weighted by atomic mass is 10.0. The summed E-state index contributed by atoms with van der Waals surface area (Å²) in [5.41, 5.74) is 1.80. The predicted octanol–water partition coefficient (Wildman–Crippen LogP) is 3.14. The van der Waals surface area contributed by atoms with Crippen molar-refractivity contribution in [2.24, 2.45) is 13.0 Å². The molecule has 0 saturated carbocycles. The standard InChI is InChI=1S/C30H34N8O4S2/c1-18(2)25-29-35-21(16-44-29)26(40)31-11-7-13-38(30(42)23-10-12-32-37(23)3)15-24(39)33-20(14-19-8-5-4-6-9-19)28-34-22(17-43-28)27(41)36-25/h4-6,8-10,12,16-18,20,25H,7,11,13-15H2,1-3H3,(H,31,40)(H,33,39)(H,36,41)/t20-,25-/m0/s1. The van der Waals surface area contributed by atoms with Crippen LogP contribution >= 0.6 is 22.7 Å². The van der Waals surface area contributed by atoms with Gasteiger partial charge >= 0.3 is 0 Å². The molecule has 0 aliphatic carbocycles. The lowest BCUT2D eigenvalue weighted by Gasteiger charge is -2.24. The number of fused-ring (bicyclic) bond motifs is 4. The monoisotopic (exact) mass is 634 g/mol. The Bertz CT molecular complexity index is 1630. The first kappa shape index (κ1) is 31.0. The number of rotatable bonds is 4. The summed E-state index contributed by atoms with van der Waals surface area (Å²) in [4.78, 5) is 63.8. The van der Waals surface area contributed by atoms with E-state index in [0.717, 1.165) is 5.56 Å². The van der Waals surface area contributed by atoms with Gasteiger partial charge in [-0.3, -0.25) is 23.9 Å². The molecule has 4 bridgehead atoms. The van der Waals surface area contributed by atoms with Gasteiger partial charge in [0.25, 0.3) is 17.7 Å². The zero-order chi connectivity index (χ0) is 31.2. The largest absolute Gasteiger partial charge is 0.351 e. The molecule has 4 heterocycles. The second-order valence-electron chi connectivity index (χ2n) is 10.8. The fourth-order valence-electron chi connectivity index (χ4n) is 4.84. The van der Waals surface area contributed by atoms with Gasteiger partial charge < -0.3 is 20.9 Å². The highest BCUT2D eigenvalue weighted by Gasteiger charge is 2.28. The van der Waals surface area contributed by atoms with Crippen LogP contribution in [0.5, 0.6) is 0 Å². The number of thiazole rings is 2. The Hall–Kier alpha value is -4.43.